The van der Waals surface area contributed by atoms with Crippen molar-refractivity contribution >= 4 is 0 Å². The van der Waals surface area contributed by atoms with Crippen LogP contribution in [0.3, 0.4) is 0 Å². The molecule has 5 heteroatoms. The maximum absolute atomic E-state index is 5.92. The van der Waals surface area contributed by atoms with Gasteiger partial charge in [0.2, 0.25) is 0 Å². The molecule has 0 aliphatic carbocycles. The van der Waals surface area contributed by atoms with Gasteiger partial charge in [0.25, 0.3) is 0 Å². The van der Waals surface area contributed by atoms with Gasteiger partial charge in [0.15, 0.2) is 0 Å². The number of hydrogen-bond donors (Lipinski definition) is 1. The molecule has 2 N–H and O–H groups in total. The van der Waals surface area contributed by atoms with Crippen molar-refractivity contribution in [2.45, 2.75) is 51.2 Å². The van der Waals surface area contributed by atoms with Gasteiger partial charge in [-0.15, -0.1) is 10.2 Å². The summed E-state index contributed by atoms with van der Waals surface area (Å²) < 4.78 is 2.32. The van der Waals surface area contributed by atoms with Crippen molar-refractivity contribution < 1.29 is 0 Å². The molecule has 5 nitrogen and oxygen atoms in total. The fraction of sp³-hybridized carbons (Fsp3) is 0.833. The lowest BCUT2D eigenvalue weighted by atomic mass is 10.1. The minimum atomic E-state index is 0.401. The monoisotopic (exact) mass is 235 g/mol. The van der Waals surface area contributed by atoms with Crippen molar-refractivity contribution in [1.29, 1.82) is 0 Å². The zero-order chi connectivity index (χ0) is 11.7. The summed E-state index contributed by atoms with van der Waals surface area (Å²) in [6.07, 6.45) is 5.85. The fourth-order valence-corrected chi connectivity index (χ4v) is 2.80. The summed E-state index contributed by atoms with van der Waals surface area (Å²) in [5.74, 6) is 2.33. The molecule has 3 heterocycles. The molecule has 0 aromatic carbocycles. The van der Waals surface area contributed by atoms with Crippen LogP contribution in [0.25, 0.3) is 0 Å². The molecule has 94 valence electrons. The molecular formula is C12H21N5. The second kappa shape index (κ2) is 4.74. The van der Waals surface area contributed by atoms with E-state index < -0.39 is 0 Å². The lowest BCUT2D eigenvalue weighted by Crippen LogP contribution is -2.39. The average molecular weight is 235 g/mol. The molecule has 2 aliphatic heterocycles. The second-order valence-electron chi connectivity index (χ2n) is 5.25. The Morgan fingerprint density at radius 2 is 1.94 bits per heavy atom. The highest BCUT2D eigenvalue weighted by atomic mass is 15.3. The number of aromatic nitrogens is 3. The zero-order valence-electron chi connectivity index (χ0n) is 10.3. The van der Waals surface area contributed by atoms with Crippen LogP contribution < -0.4 is 5.73 Å². The molecule has 1 aromatic rings. The van der Waals surface area contributed by atoms with Crippen LogP contribution in [0.4, 0.5) is 0 Å². The van der Waals surface area contributed by atoms with Gasteiger partial charge in [-0.25, -0.2) is 0 Å². The Morgan fingerprint density at radius 3 is 2.76 bits per heavy atom. The third-order valence-electron chi connectivity index (χ3n) is 3.93. The van der Waals surface area contributed by atoms with Crippen LogP contribution in [0.5, 0.6) is 0 Å². The van der Waals surface area contributed by atoms with Crippen molar-refractivity contribution in [1.82, 2.24) is 19.7 Å². The minimum Gasteiger partial charge on any atom is -0.328 e. The highest BCUT2D eigenvalue weighted by Gasteiger charge is 2.20. The first-order valence-electron chi connectivity index (χ1n) is 6.72. The normalized spacial score (nSPS) is 22.6. The van der Waals surface area contributed by atoms with Crippen LogP contribution in [0.15, 0.2) is 0 Å². The molecule has 0 spiro atoms. The molecule has 0 amide bonds. The summed E-state index contributed by atoms with van der Waals surface area (Å²) in [7, 11) is 0. The van der Waals surface area contributed by atoms with Crippen molar-refractivity contribution in [3.63, 3.8) is 0 Å². The van der Waals surface area contributed by atoms with Crippen molar-refractivity contribution in [2.75, 3.05) is 13.1 Å². The number of aryl methyl sites for hydroxylation is 1. The van der Waals surface area contributed by atoms with Gasteiger partial charge < -0.3 is 10.3 Å². The number of nitrogens with two attached hydrogens (primary N) is 1. The summed E-state index contributed by atoms with van der Waals surface area (Å²) in [6.45, 7) is 4.25. The number of fused-ring (bicyclic) bond motifs is 1. The smallest absolute Gasteiger partial charge is 0.147 e. The Kier molecular flexibility index (Phi) is 3.11. The third kappa shape index (κ3) is 2.35. The van der Waals surface area contributed by atoms with E-state index in [1.54, 1.807) is 0 Å². The van der Waals surface area contributed by atoms with Crippen molar-refractivity contribution in [3.05, 3.63) is 11.6 Å². The van der Waals surface area contributed by atoms with Gasteiger partial charge in [0.05, 0.1) is 6.54 Å². The Bertz CT molecular complexity index is 378. The van der Waals surface area contributed by atoms with Gasteiger partial charge in [-0.1, -0.05) is 0 Å². The molecule has 0 saturated carbocycles. The lowest BCUT2D eigenvalue weighted by Gasteiger charge is -2.29. The zero-order valence-corrected chi connectivity index (χ0v) is 10.3. The Balaban J connectivity index is 1.66. The Labute approximate surface area is 102 Å². The fourth-order valence-electron chi connectivity index (χ4n) is 2.80. The average Bonchev–Trinajstić information content (AvgIpc) is 2.76. The van der Waals surface area contributed by atoms with E-state index in [1.165, 1.54) is 18.7 Å². The molecule has 2 aliphatic rings. The summed E-state index contributed by atoms with van der Waals surface area (Å²) in [6, 6.07) is 0.401. The molecule has 1 saturated heterocycles. The molecule has 0 atom stereocenters. The number of nitrogens with zero attached hydrogens (tertiary/aromatic N) is 4. The largest absolute Gasteiger partial charge is 0.328 e. The van der Waals surface area contributed by atoms with Crippen molar-refractivity contribution in [2.24, 2.45) is 5.73 Å². The molecular weight excluding hydrogens is 214 g/mol. The van der Waals surface area contributed by atoms with Crippen LogP contribution >= 0.6 is 0 Å². The Morgan fingerprint density at radius 1 is 1.12 bits per heavy atom. The summed E-state index contributed by atoms with van der Waals surface area (Å²) >= 11 is 0. The first-order chi connectivity index (χ1) is 8.33. The van der Waals surface area contributed by atoms with E-state index in [0.717, 1.165) is 51.3 Å². The first-order valence-corrected chi connectivity index (χ1v) is 6.72. The number of piperidine rings is 1. The van der Waals surface area contributed by atoms with E-state index in [1.807, 2.05) is 0 Å². The van der Waals surface area contributed by atoms with Gasteiger partial charge in [0.1, 0.15) is 11.6 Å². The Hall–Kier alpha value is -0.940. The van der Waals surface area contributed by atoms with Gasteiger partial charge >= 0.3 is 0 Å². The molecule has 17 heavy (non-hydrogen) atoms. The van der Waals surface area contributed by atoms with Crippen LogP contribution in [0, 0.1) is 0 Å². The highest BCUT2D eigenvalue weighted by molar-refractivity contribution is 4.99. The van der Waals surface area contributed by atoms with E-state index in [4.69, 9.17) is 5.73 Å². The summed E-state index contributed by atoms with van der Waals surface area (Å²) in [5, 5.41) is 8.65. The molecule has 3 rings (SSSR count). The van der Waals surface area contributed by atoms with Crippen LogP contribution in [0.2, 0.25) is 0 Å². The van der Waals surface area contributed by atoms with Crippen LogP contribution in [-0.4, -0.2) is 38.8 Å². The van der Waals surface area contributed by atoms with Crippen LogP contribution in [-0.2, 0) is 19.5 Å². The second-order valence-corrected chi connectivity index (χ2v) is 5.25. The van der Waals surface area contributed by atoms with E-state index in [0.29, 0.717) is 6.04 Å². The lowest BCUT2D eigenvalue weighted by molar-refractivity contribution is 0.198. The van der Waals surface area contributed by atoms with Crippen LogP contribution in [0.1, 0.15) is 37.3 Å². The topological polar surface area (TPSA) is 60.0 Å². The molecule has 0 unspecified atom stereocenters. The predicted octanol–water partition coefficient (Wildman–Crippen LogP) is 0.537. The summed E-state index contributed by atoms with van der Waals surface area (Å²) in [4.78, 5) is 2.45. The highest BCUT2D eigenvalue weighted by Crippen LogP contribution is 2.17. The van der Waals surface area contributed by atoms with E-state index in [-0.39, 0.29) is 0 Å². The molecule has 0 radical (unpaired) electrons. The number of likely N-dealkylation sites (tertiary alicyclic amines) is 1. The van der Waals surface area contributed by atoms with Crippen molar-refractivity contribution in [3.8, 4) is 0 Å². The quantitative estimate of drug-likeness (QED) is 0.812. The SMILES string of the molecule is NC1CCN(Cc2nnc3n2CCCC3)CC1. The maximum atomic E-state index is 5.92. The number of hydrogen-bond acceptors (Lipinski definition) is 4. The molecule has 1 fully saturated rings. The van der Waals surface area contributed by atoms with E-state index >= 15 is 0 Å². The van der Waals surface area contributed by atoms with E-state index in [2.05, 4.69) is 19.7 Å². The van der Waals surface area contributed by atoms with Gasteiger partial charge in [-0.2, -0.15) is 0 Å². The standard InChI is InChI=1S/C12H21N5/c13-10-4-7-16(8-5-10)9-12-15-14-11-3-1-2-6-17(11)12/h10H,1-9,13H2. The first kappa shape index (κ1) is 11.2. The minimum absolute atomic E-state index is 0.401. The predicted molar refractivity (Wildman–Crippen MR) is 65.4 cm³/mol. The van der Waals surface area contributed by atoms with Gasteiger partial charge in [0, 0.05) is 32.1 Å². The summed E-state index contributed by atoms with van der Waals surface area (Å²) in [5.41, 5.74) is 5.92. The van der Waals surface area contributed by atoms with E-state index in [9.17, 15) is 0 Å². The molecule has 1 aromatic heterocycles. The number of rotatable bonds is 2. The molecule has 0 bridgehead atoms. The maximum Gasteiger partial charge on any atom is 0.147 e. The van der Waals surface area contributed by atoms with Gasteiger partial charge in [-0.3, -0.25) is 4.90 Å². The van der Waals surface area contributed by atoms with Gasteiger partial charge in [-0.05, 0) is 25.7 Å². The third-order valence-corrected chi connectivity index (χ3v) is 3.93.